The summed E-state index contributed by atoms with van der Waals surface area (Å²) >= 11 is 4.74. The number of hydrogen-bond acceptors (Lipinski definition) is 6. The average Bonchev–Trinajstić information content (AvgIpc) is 3.27. The fourth-order valence-electron chi connectivity index (χ4n) is 4.01. The number of pyridine rings is 1. The van der Waals surface area contributed by atoms with Gasteiger partial charge in [-0.1, -0.05) is 33.8 Å². The summed E-state index contributed by atoms with van der Waals surface area (Å²) in [7, 11) is 3.56. The summed E-state index contributed by atoms with van der Waals surface area (Å²) in [5.41, 5.74) is 4.08. The summed E-state index contributed by atoms with van der Waals surface area (Å²) in [6, 6.07) is 20.8. The van der Waals surface area contributed by atoms with Crippen LogP contribution in [0.1, 0.15) is 12.5 Å². The van der Waals surface area contributed by atoms with Crippen molar-refractivity contribution in [3.8, 4) is 34.1 Å². The number of halogens is 2. The number of nitrogens with zero attached hydrogens (tertiary/aromatic N) is 4. The van der Waals surface area contributed by atoms with Gasteiger partial charge < -0.3 is 14.0 Å². The van der Waals surface area contributed by atoms with E-state index in [0.717, 1.165) is 39.2 Å². The molecule has 0 aliphatic heterocycles. The third kappa shape index (κ3) is 5.33. The van der Waals surface area contributed by atoms with E-state index in [0.29, 0.717) is 33.4 Å². The van der Waals surface area contributed by atoms with Crippen LogP contribution < -0.4 is 9.47 Å². The molecule has 5 aromatic rings. The fourth-order valence-corrected chi connectivity index (χ4v) is 5.24. The summed E-state index contributed by atoms with van der Waals surface area (Å²) in [6.07, 6.45) is 0. The van der Waals surface area contributed by atoms with Gasteiger partial charge in [-0.25, -0.2) is 9.37 Å². The van der Waals surface area contributed by atoms with E-state index >= 15 is 0 Å². The Morgan fingerprint density at radius 2 is 1.76 bits per heavy atom. The minimum absolute atomic E-state index is 0.253. The number of rotatable bonds is 8. The average molecular weight is 579 g/mol. The molecule has 6 nitrogen and oxygen atoms in total. The molecule has 37 heavy (non-hydrogen) atoms. The van der Waals surface area contributed by atoms with E-state index in [4.69, 9.17) is 14.5 Å². The van der Waals surface area contributed by atoms with Gasteiger partial charge in [0.1, 0.15) is 17.3 Å². The van der Waals surface area contributed by atoms with Crippen molar-refractivity contribution in [2.75, 3.05) is 13.7 Å². The van der Waals surface area contributed by atoms with E-state index < -0.39 is 0 Å². The van der Waals surface area contributed by atoms with Gasteiger partial charge in [0.2, 0.25) is 0 Å². The number of hydrogen-bond donors (Lipinski definition) is 0. The second-order valence-electron chi connectivity index (χ2n) is 8.29. The molecule has 0 fully saturated rings. The SMILES string of the molecule is CCOc1ccc2nc(-c3ccc(OC)cc3)cc(-c3nnc(SCc4ccc(Br)cc4F)n3C)c2c1. The van der Waals surface area contributed by atoms with Gasteiger partial charge in [0, 0.05) is 33.8 Å². The topological polar surface area (TPSA) is 62.1 Å². The highest BCUT2D eigenvalue weighted by Gasteiger charge is 2.18. The Morgan fingerprint density at radius 1 is 0.973 bits per heavy atom. The van der Waals surface area contributed by atoms with Gasteiger partial charge in [-0.05, 0) is 73.2 Å². The number of aromatic nitrogens is 4. The smallest absolute Gasteiger partial charge is 0.191 e. The molecule has 188 valence electrons. The van der Waals surface area contributed by atoms with Crippen LogP contribution in [0.25, 0.3) is 33.5 Å². The van der Waals surface area contributed by atoms with E-state index in [1.54, 1.807) is 13.2 Å². The monoisotopic (exact) mass is 578 g/mol. The molecule has 0 saturated heterocycles. The molecule has 0 spiro atoms. The minimum Gasteiger partial charge on any atom is -0.497 e. The van der Waals surface area contributed by atoms with Crippen molar-refractivity contribution in [2.24, 2.45) is 7.05 Å². The molecule has 0 saturated carbocycles. The van der Waals surface area contributed by atoms with Crippen molar-refractivity contribution < 1.29 is 13.9 Å². The van der Waals surface area contributed by atoms with E-state index in [1.807, 2.05) is 73.1 Å². The molecule has 9 heteroatoms. The molecule has 3 aromatic carbocycles. The second-order valence-corrected chi connectivity index (χ2v) is 10.1. The van der Waals surface area contributed by atoms with E-state index in [9.17, 15) is 4.39 Å². The summed E-state index contributed by atoms with van der Waals surface area (Å²) < 4.78 is 28.1. The first-order valence-electron chi connectivity index (χ1n) is 11.7. The molecule has 2 aromatic heterocycles. The maximum Gasteiger partial charge on any atom is 0.191 e. The molecule has 0 radical (unpaired) electrons. The highest BCUT2D eigenvalue weighted by Crippen LogP contribution is 2.35. The Bertz CT molecular complexity index is 1570. The number of methoxy groups -OCH3 is 1. The predicted molar refractivity (Wildman–Crippen MR) is 149 cm³/mol. The molecule has 5 rings (SSSR count). The first-order valence-corrected chi connectivity index (χ1v) is 13.4. The van der Waals surface area contributed by atoms with Crippen LogP contribution >= 0.6 is 27.7 Å². The molecular formula is C28H24BrFN4O2S. The number of fused-ring (bicyclic) bond motifs is 1. The summed E-state index contributed by atoms with van der Waals surface area (Å²) in [4.78, 5) is 4.91. The fraction of sp³-hybridized carbons (Fsp3) is 0.179. The molecule has 0 unspecified atom stereocenters. The van der Waals surface area contributed by atoms with Gasteiger partial charge in [-0.15, -0.1) is 10.2 Å². The van der Waals surface area contributed by atoms with Crippen molar-refractivity contribution in [1.29, 1.82) is 0 Å². The van der Waals surface area contributed by atoms with Gasteiger partial charge in [-0.2, -0.15) is 0 Å². The summed E-state index contributed by atoms with van der Waals surface area (Å²) in [5.74, 6) is 2.42. The Labute approximate surface area is 227 Å². The van der Waals surface area contributed by atoms with Gasteiger partial charge in [0.05, 0.1) is 24.9 Å². The van der Waals surface area contributed by atoms with Crippen LogP contribution in [0.15, 0.2) is 76.4 Å². The van der Waals surface area contributed by atoms with Crippen LogP contribution in [0.2, 0.25) is 0 Å². The molecule has 0 amide bonds. The lowest BCUT2D eigenvalue weighted by atomic mass is 10.0. The molecular weight excluding hydrogens is 555 g/mol. The van der Waals surface area contributed by atoms with E-state index in [1.165, 1.54) is 17.8 Å². The van der Waals surface area contributed by atoms with Crippen LogP contribution in [-0.2, 0) is 12.8 Å². The normalized spacial score (nSPS) is 11.2. The first-order chi connectivity index (χ1) is 18.0. The third-order valence-electron chi connectivity index (χ3n) is 5.92. The first kappa shape index (κ1) is 25.2. The zero-order valence-corrected chi connectivity index (χ0v) is 22.9. The number of benzene rings is 3. The standard InChI is InChI=1S/C28H24BrFN4O2S/c1-4-36-21-11-12-25-22(14-21)23(15-26(31-25)17-6-9-20(35-3)10-7-17)27-32-33-28(34(27)2)37-16-18-5-8-19(29)13-24(18)30/h5-15H,4,16H2,1-3H3. The maximum atomic E-state index is 14.3. The van der Waals surface area contributed by atoms with Crippen LogP contribution in [0.5, 0.6) is 11.5 Å². The zero-order valence-electron chi connectivity index (χ0n) is 20.5. The van der Waals surface area contributed by atoms with Crippen LogP contribution in [0, 0.1) is 5.82 Å². The van der Waals surface area contributed by atoms with Crippen LogP contribution in [0.4, 0.5) is 4.39 Å². The molecule has 0 aliphatic rings. The Morgan fingerprint density at radius 3 is 2.49 bits per heavy atom. The van der Waals surface area contributed by atoms with Gasteiger partial charge in [0.25, 0.3) is 0 Å². The highest BCUT2D eigenvalue weighted by atomic mass is 79.9. The van der Waals surface area contributed by atoms with Crippen molar-refractivity contribution in [3.63, 3.8) is 0 Å². The summed E-state index contributed by atoms with van der Waals surface area (Å²) in [5, 5.41) is 10.5. The summed E-state index contributed by atoms with van der Waals surface area (Å²) in [6.45, 7) is 2.52. The van der Waals surface area contributed by atoms with Gasteiger partial charge in [0.15, 0.2) is 11.0 Å². The second kappa shape index (κ2) is 10.9. The molecule has 0 N–H and O–H groups in total. The van der Waals surface area contributed by atoms with Crippen molar-refractivity contribution in [3.05, 3.63) is 82.6 Å². The Hall–Kier alpha value is -3.43. The largest absolute Gasteiger partial charge is 0.497 e. The van der Waals surface area contributed by atoms with Gasteiger partial charge >= 0.3 is 0 Å². The highest BCUT2D eigenvalue weighted by molar-refractivity contribution is 9.10. The quantitative estimate of drug-likeness (QED) is 0.180. The zero-order chi connectivity index (χ0) is 25.9. The van der Waals surface area contributed by atoms with Crippen LogP contribution in [-0.4, -0.2) is 33.5 Å². The minimum atomic E-state index is -0.253. The molecule has 0 aliphatic carbocycles. The van der Waals surface area contributed by atoms with Crippen molar-refractivity contribution in [2.45, 2.75) is 17.8 Å². The van der Waals surface area contributed by atoms with Gasteiger partial charge in [-0.3, -0.25) is 0 Å². The predicted octanol–water partition coefficient (Wildman–Crippen LogP) is 7.30. The molecule has 0 atom stereocenters. The lowest BCUT2D eigenvalue weighted by Crippen LogP contribution is -1.99. The number of thioether (sulfide) groups is 1. The van der Waals surface area contributed by atoms with E-state index in [2.05, 4.69) is 26.1 Å². The Balaban J connectivity index is 1.57. The Kier molecular flexibility index (Phi) is 7.43. The van der Waals surface area contributed by atoms with Crippen LogP contribution in [0.3, 0.4) is 0 Å². The third-order valence-corrected chi connectivity index (χ3v) is 7.49. The molecule has 2 heterocycles. The van der Waals surface area contributed by atoms with Crippen molar-refractivity contribution >= 4 is 38.6 Å². The lowest BCUT2D eigenvalue weighted by Gasteiger charge is -2.12. The maximum absolute atomic E-state index is 14.3. The van der Waals surface area contributed by atoms with Crippen molar-refractivity contribution in [1.82, 2.24) is 19.7 Å². The van der Waals surface area contributed by atoms with E-state index in [-0.39, 0.29) is 5.82 Å². The number of ether oxygens (including phenoxy) is 2. The molecule has 0 bridgehead atoms. The lowest BCUT2D eigenvalue weighted by molar-refractivity contribution is 0.340.